The highest BCUT2D eigenvalue weighted by atomic mass is 35.5. The van der Waals surface area contributed by atoms with Crippen LogP contribution in [0.2, 0.25) is 5.02 Å². The van der Waals surface area contributed by atoms with Gasteiger partial charge >= 0.3 is 5.97 Å². The Kier molecular flexibility index (Phi) is 6.12. The van der Waals surface area contributed by atoms with Crippen molar-refractivity contribution in [3.63, 3.8) is 0 Å². The van der Waals surface area contributed by atoms with Crippen molar-refractivity contribution in [3.8, 4) is 0 Å². The quantitative estimate of drug-likeness (QED) is 0.356. The first-order chi connectivity index (χ1) is 13.1. The Hall–Kier alpha value is -3.25. The molecular formula is C20H16ClN3O3. The average molecular weight is 382 g/mol. The Morgan fingerprint density at radius 3 is 2.59 bits per heavy atom. The number of aromatic nitrogens is 3. The van der Waals surface area contributed by atoms with Crippen LogP contribution in [0, 0.1) is 0 Å². The first kappa shape index (κ1) is 18.5. The first-order valence-corrected chi connectivity index (χ1v) is 8.56. The van der Waals surface area contributed by atoms with Crippen LogP contribution in [0.15, 0.2) is 66.9 Å². The van der Waals surface area contributed by atoms with E-state index in [9.17, 15) is 9.59 Å². The highest BCUT2D eigenvalue weighted by molar-refractivity contribution is 6.34. The Morgan fingerprint density at radius 2 is 1.81 bits per heavy atom. The van der Waals surface area contributed by atoms with Crippen molar-refractivity contribution in [1.82, 2.24) is 15.0 Å². The number of carbonyl (C=O) groups is 2. The Bertz CT molecular complexity index is 967. The molecule has 0 saturated heterocycles. The topological polar surface area (TPSA) is 74.1 Å². The standard InChI is InChI=1S/C20H16ClN3O3/c21-18-9-5-4-8-17(18)19(25)14-27-20(26)11-10-16-13-24(23-22-16)12-15-6-2-1-3-7-15/h1-11,13H,12,14H2/b11-10+. The molecule has 0 saturated carbocycles. The zero-order chi connectivity index (χ0) is 19.1. The van der Waals surface area contributed by atoms with Crippen molar-refractivity contribution in [2.45, 2.75) is 6.54 Å². The molecule has 3 rings (SSSR count). The van der Waals surface area contributed by atoms with Crippen molar-refractivity contribution < 1.29 is 14.3 Å². The Balaban J connectivity index is 1.51. The van der Waals surface area contributed by atoms with Crippen molar-refractivity contribution >= 4 is 29.4 Å². The number of Topliss-reactive ketones (excluding diaryl/α,β-unsaturated/α-hetero) is 1. The van der Waals surface area contributed by atoms with Gasteiger partial charge in [-0.1, -0.05) is 59.3 Å². The van der Waals surface area contributed by atoms with Gasteiger partial charge in [-0.2, -0.15) is 0 Å². The van der Waals surface area contributed by atoms with Crippen LogP contribution in [0.5, 0.6) is 0 Å². The summed E-state index contributed by atoms with van der Waals surface area (Å²) < 4.78 is 6.62. The van der Waals surface area contributed by atoms with Crippen LogP contribution >= 0.6 is 11.6 Å². The molecule has 3 aromatic rings. The summed E-state index contributed by atoms with van der Waals surface area (Å²) in [6, 6.07) is 16.4. The van der Waals surface area contributed by atoms with E-state index < -0.39 is 5.97 Å². The van der Waals surface area contributed by atoms with Crippen LogP contribution in [0.25, 0.3) is 6.08 Å². The number of hydrogen-bond acceptors (Lipinski definition) is 5. The van der Waals surface area contributed by atoms with Crippen molar-refractivity contribution in [2.75, 3.05) is 6.61 Å². The molecule has 0 radical (unpaired) electrons. The summed E-state index contributed by atoms with van der Waals surface area (Å²) in [4.78, 5) is 23.8. The fourth-order valence-corrected chi connectivity index (χ4v) is 2.58. The highest BCUT2D eigenvalue weighted by Crippen LogP contribution is 2.15. The van der Waals surface area contributed by atoms with Crippen LogP contribution in [0.1, 0.15) is 21.6 Å². The second-order valence-corrected chi connectivity index (χ2v) is 6.08. The summed E-state index contributed by atoms with van der Waals surface area (Å²) in [6.07, 6.45) is 4.40. The normalized spacial score (nSPS) is 10.9. The number of nitrogens with zero attached hydrogens (tertiary/aromatic N) is 3. The van der Waals surface area contributed by atoms with E-state index in [1.54, 1.807) is 35.1 Å². The molecule has 0 amide bonds. The lowest BCUT2D eigenvalue weighted by Crippen LogP contribution is -2.12. The van der Waals surface area contributed by atoms with E-state index in [0.29, 0.717) is 22.8 Å². The molecule has 0 bridgehead atoms. The molecular weight excluding hydrogens is 366 g/mol. The number of hydrogen-bond donors (Lipinski definition) is 0. The minimum absolute atomic E-state index is 0.319. The second-order valence-electron chi connectivity index (χ2n) is 5.67. The average Bonchev–Trinajstić information content (AvgIpc) is 3.13. The van der Waals surface area contributed by atoms with Gasteiger partial charge in [0.05, 0.1) is 17.8 Å². The number of halogens is 1. The minimum Gasteiger partial charge on any atom is -0.454 e. The smallest absolute Gasteiger partial charge is 0.331 e. The van der Waals surface area contributed by atoms with Crippen molar-refractivity contribution in [2.24, 2.45) is 0 Å². The van der Waals surface area contributed by atoms with E-state index in [1.807, 2.05) is 30.3 Å². The molecule has 2 aromatic carbocycles. The highest BCUT2D eigenvalue weighted by Gasteiger charge is 2.11. The maximum absolute atomic E-state index is 12.0. The molecule has 1 aromatic heterocycles. The van der Waals surface area contributed by atoms with E-state index in [-0.39, 0.29) is 12.4 Å². The molecule has 0 atom stereocenters. The van der Waals surface area contributed by atoms with Gasteiger partial charge < -0.3 is 4.74 Å². The second kappa shape index (κ2) is 8.91. The fourth-order valence-electron chi connectivity index (χ4n) is 2.34. The number of ether oxygens (including phenoxy) is 1. The molecule has 0 aliphatic heterocycles. The molecule has 0 aliphatic rings. The molecule has 0 N–H and O–H groups in total. The number of carbonyl (C=O) groups excluding carboxylic acids is 2. The van der Waals surface area contributed by atoms with Gasteiger partial charge in [-0.15, -0.1) is 5.10 Å². The van der Waals surface area contributed by atoms with E-state index in [2.05, 4.69) is 10.3 Å². The third kappa shape index (κ3) is 5.36. The Labute approximate surface area is 161 Å². The van der Waals surface area contributed by atoms with E-state index in [4.69, 9.17) is 16.3 Å². The maximum Gasteiger partial charge on any atom is 0.331 e. The summed E-state index contributed by atoms with van der Waals surface area (Å²) in [5, 5.41) is 8.30. The first-order valence-electron chi connectivity index (χ1n) is 8.18. The van der Waals surface area contributed by atoms with Gasteiger partial charge in [0.2, 0.25) is 5.78 Å². The van der Waals surface area contributed by atoms with E-state index in [0.717, 1.165) is 5.56 Å². The molecule has 6 nitrogen and oxygen atoms in total. The molecule has 136 valence electrons. The zero-order valence-corrected chi connectivity index (χ0v) is 15.0. The van der Waals surface area contributed by atoms with Crippen molar-refractivity contribution in [1.29, 1.82) is 0 Å². The number of ketones is 1. The number of esters is 1. The summed E-state index contributed by atoms with van der Waals surface area (Å²) in [5.74, 6) is -1.01. The summed E-state index contributed by atoms with van der Waals surface area (Å²) >= 11 is 5.94. The van der Waals surface area contributed by atoms with Crippen LogP contribution in [0.4, 0.5) is 0 Å². The monoisotopic (exact) mass is 381 g/mol. The van der Waals surface area contributed by atoms with E-state index >= 15 is 0 Å². The van der Waals surface area contributed by atoms with Crippen LogP contribution in [-0.4, -0.2) is 33.4 Å². The lowest BCUT2D eigenvalue weighted by molar-refractivity contribution is -0.136. The van der Waals surface area contributed by atoms with Gasteiger partial charge in [0.1, 0.15) is 5.69 Å². The van der Waals surface area contributed by atoms with Crippen LogP contribution in [-0.2, 0) is 16.1 Å². The molecule has 7 heteroatoms. The number of benzene rings is 2. The SMILES string of the molecule is O=C(/C=C/c1cn(Cc2ccccc2)nn1)OCC(=O)c1ccccc1Cl. The fraction of sp³-hybridized carbons (Fsp3) is 0.100. The summed E-state index contributed by atoms with van der Waals surface area (Å²) in [7, 11) is 0. The minimum atomic E-state index is -0.645. The predicted molar refractivity (Wildman–Crippen MR) is 101 cm³/mol. The summed E-state index contributed by atoms with van der Waals surface area (Å²) in [6.45, 7) is 0.200. The summed E-state index contributed by atoms with van der Waals surface area (Å²) in [5.41, 5.74) is 1.93. The zero-order valence-electron chi connectivity index (χ0n) is 14.3. The molecule has 1 heterocycles. The molecule has 0 unspecified atom stereocenters. The van der Waals surface area contributed by atoms with E-state index in [1.165, 1.54) is 12.2 Å². The lowest BCUT2D eigenvalue weighted by Gasteiger charge is -2.03. The van der Waals surface area contributed by atoms with Crippen LogP contribution in [0.3, 0.4) is 0 Å². The lowest BCUT2D eigenvalue weighted by atomic mass is 10.1. The van der Waals surface area contributed by atoms with Gasteiger partial charge in [0.15, 0.2) is 6.61 Å². The predicted octanol–water partition coefficient (Wildman–Crippen LogP) is 3.42. The maximum atomic E-state index is 12.0. The van der Waals surface area contributed by atoms with Crippen molar-refractivity contribution in [3.05, 3.63) is 88.7 Å². The van der Waals surface area contributed by atoms with Gasteiger partial charge in [-0.25, -0.2) is 9.48 Å². The van der Waals surface area contributed by atoms with Gasteiger partial charge in [-0.3, -0.25) is 4.79 Å². The molecule has 27 heavy (non-hydrogen) atoms. The third-order valence-corrected chi connectivity index (χ3v) is 3.98. The Morgan fingerprint density at radius 1 is 1.07 bits per heavy atom. The van der Waals surface area contributed by atoms with Crippen LogP contribution < -0.4 is 0 Å². The molecule has 0 spiro atoms. The largest absolute Gasteiger partial charge is 0.454 e. The molecule has 0 aliphatic carbocycles. The molecule has 0 fully saturated rings. The van der Waals surface area contributed by atoms with Gasteiger partial charge in [-0.05, 0) is 23.8 Å². The van der Waals surface area contributed by atoms with Gasteiger partial charge in [0, 0.05) is 11.6 Å². The third-order valence-electron chi connectivity index (χ3n) is 3.65. The van der Waals surface area contributed by atoms with Gasteiger partial charge in [0.25, 0.3) is 0 Å². The number of rotatable bonds is 7.